The molecule has 1 aromatic carbocycles. The predicted molar refractivity (Wildman–Crippen MR) is 128 cm³/mol. The van der Waals surface area contributed by atoms with Gasteiger partial charge in [-0.3, -0.25) is 9.69 Å². The summed E-state index contributed by atoms with van der Waals surface area (Å²) in [5.74, 6) is 0.690. The van der Waals surface area contributed by atoms with E-state index in [4.69, 9.17) is 4.74 Å². The molecule has 7 nitrogen and oxygen atoms in total. The molecule has 0 aromatic heterocycles. The lowest BCUT2D eigenvalue weighted by Crippen LogP contribution is -2.52. The van der Waals surface area contributed by atoms with Crippen molar-refractivity contribution in [3.8, 4) is 0 Å². The number of likely N-dealkylation sites (tertiary alicyclic amines) is 1. The van der Waals surface area contributed by atoms with Gasteiger partial charge in [-0.2, -0.15) is 0 Å². The highest BCUT2D eigenvalue weighted by atomic mass is 16.6. The highest BCUT2D eigenvalue weighted by molar-refractivity contribution is 5.78. The van der Waals surface area contributed by atoms with Crippen LogP contribution in [0.3, 0.4) is 0 Å². The molecule has 0 N–H and O–H groups in total. The first kappa shape index (κ1) is 24.4. The van der Waals surface area contributed by atoms with Crippen molar-refractivity contribution < 1.29 is 14.3 Å². The minimum atomic E-state index is -0.472. The molecule has 2 amide bonds. The van der Waals surface area contributed by atoms with Crippen LogP contribution < -0.4 is 4.90 Å². The number of hydrogen-bond acceptors (Lipinski definition) is 5. The van der Waals surface area contributed by atoms with Crippen LogP contribution in [0.1, 0.15) is 39.2 Å². The maximum atomic E-state index is 12.8. The second-order valence-electron chi connectivity index (χ2n) is 10.3. The number of piperidine rings is 1. The number of anilines is 1. The third-order valence-corrected chi connectivity index (χ3v) is 6.30. The lowest BCUT2D eigenvalue weighted by molar-refractivity contribution is -0.133. The molecule has 7 heteroatoms. The Labute approximate surface area is 193 Å². The third-order valence-electron chi connectivity index (χ3n) is 6.30. The first-order chi connectivity index (χ1) is 15.1. The van der Waals surface area contributed by atoms with Crippen molar-refractivity contribution in [1.82, 2.24) is 14.7 Å². The van der Waals surface area contributed by atoms with Gasteiger partial charge in [0.15, 0.2) is 0 Å². The summed E-state index contributed by atoms with van der Waals surface area (Å²) in [7, 11) is 1.81. The van der Waals surface area contributed by atoms with E-state index >= 15 is 0 Å². The van der Waals surface area contributed by atoms with E-state index in [1.807, 2.05) is 25.7 Å². The second kappa shape index (κ2) is 10.6. The molecule has 178 valence electrons. The van der Waals surface area contributed by atoms with Crippen LogP contribution in [-0.4, -0.2) is 91.7 Å². The molecule has 3 rings (SSSR count). The number of benzene rings is 1. The van der Waals surface area contributed by atoms with E-state index in [1.54, 1.807) is 11.9 Å². The van der Waals surface area contributed by atoms with Crippen molar-refractivity contribution >= 4 is 17.7 Å². The normalized spacial score (nSPS) is 18.5. The minimum absolute atomic E-state index is 0.234. The molecule has 1 aromatic rings. The minimum Gasteiger partial charge on any atom is -0.444 e. The van der Waals surface area contributed by atoms with Crippen LogP contribution >= 0.6 is 0 Å². The summed E-state index contributed by atoms with van der Waals surface area (Å²) < 4.78 is 5.45. The molecule has 2 saturated heterocycles. The first-order valence-electron chi connectivity index (χ1n) is 11.9. The van der Waals surface area contributed by atoms with Crippen LogP contribution in [0.4, 0.5) is 10.5 Å². The molecule has 0 unspecified atom stereocenters. The molecule has 0 bridgehead atoms. The molecular weight excluding hydrogens is 404 g/mol. The fourth-order valence-electron chi connectivity index (χ4n) is 4.46. The summed E-state index contributed by atoms with van der Waals surface area (Å²) in [6, 6.07) is 8.57. The van der Waals surface area contributed by atoms with Crippen molar-refractivity contribution in [3.05, 3.63) is 29.8 Å². The van der Waals surface area contributed by atoms with E-state index in [0.717, 1.165) is 52.1 Å². The summed E-state index contributed by atoms with van der Waals surface area (Å²) in [4.78, 5) is 33.3. The molecule has 2 fully saturated rings. The topological polar surface area (TPSA) is 56.3 Å². The van der Waals surface area contributed by atoms with Crippen LogP contribution in [0.25, 0.3) is 0 Å². The van der Waals surface area contributed by atoms with E-state index in [2.05, 4.69) is 41.0 Å². The first-order valence-corrected chi connectivity index (χ1v) is 11.9. The highest BCUT2D eigenvalue weighted by Crippen LogP contribution is 2.21. The molecule has 32 heavy (non-hydrogen) atoms. The van der Waals surface area contributed by atoms with E-state index in [-0.39, 0.29) is 12.0 Å². The standard InChI is InChI=1S/C25H40N4O3/c1-20-7-6-8-22(17-20)28-13-15-29(16-14-28)23(30)19-27-11-9-21(10-12-27)18-26(5)24(31)32-25(2,3)4/h6-8,17,21H,9-16,18-19H2,1-5H3. The Morgan fingerprint density at radius 3 is 2.31 bits per heavy atom. The third kappa shape index (κ3) is 7.12. The zero-order valence-electron chi connectivity index (χ0n) is 20.5. The SMILES string of the molecule is Cc1cccc(N2CCN(C(=O)CN3CCC(CN(C)C(=O)OC(C)(C)C)CC3)CC2)c1. The summed E-state index contributed by atoms with van der Waals surface area (Å²) in [6.07, 6.45) is 1.74. The number of amides is 2. The van der Waals surface area contributed by atoms with Crippen molar-refractivity contribution in [3.63, 3.8) is 0 Å². The van der Waals surface area contributed by atoms with E-state index in [9.17, 15) is 9.59 Å². The fraction of sp³-hybridized carbons (Fsp3) is 0.680. The molecular formula is C25H40N4O3. The summed E-state index contributed by atoms with van der Waals surface area (Å²) in [6.45, 7) is 14.1. The van der Waals surface area contributed by atoms with Crippen LogP contribution in [0.5, 0.6) is 0 Å². The van der Waals surface area contributed by atoms with Gasteiger partial charge in [0.25, 0.3) is 0 Å². The summed E-state index contributed by atoms with van der Waals surface area (Å²) in [5.41, 5.74) is 2.04. The van der Waals surface area contributed by atoms with E-state index < -0.39 is 5.60 Å². The van der Waals surface area contributed by atoms with Crippen molar-refractivity contribution in [1.29, 1.82) is 0 Å². The molecule has 0 atom stereocenters. The Morgan fingerprint density at radius 2 is 1.72 bits per heavy atom. The maximum absolute atomic E-state index is 12.8. The Bertz CT molecular complexity index is 776. The molecule has 0 aliphatic carbocycles. The van der Waals surface area contributed by atoms with Gasteiger partial charge in [0.1, 0.15) is 5.60 Å². The van der Waals surface area contributed by atoms with Gasteiger partial charge in [-0.25, -0.2) is 4.79 Å². The van der Waals surface area contributed by atoms with Crippen LogP contribution in [0.15, 0.2) is 24.3 Å². The van der Waals surface area contributed by atoms with Gasteiger partial charge in [-0.05, 0) is 77.2 Å². The van der Waals surface area contributed by atoms with E-state index in [1.165, 1.54) is 11.3 Å². The molecule has 0 spiro atoms. The van der Waals surface area contributed by atoms with Gasteiger partial charge in [0.2, 0.25) is 5.91 Å². The van der Waals surface area contributed by atoms with Crippen LogP contribution in [0, 0.1) is 12.8 Å². The Hall–Kier alpha value is -2.28. The lowest BCUT2D eigenvalue weighted by Gasteiger charge is -2.38. The average molecular weight is 445 g/mol. The van der Waals surface area contributed by atoms with Gasteiger partial charge < -0.3 is 19.4 Å². The molecule has 2 aliphatic rings. The van der Waals surface area contributed by atoms with Crippen LogP contribution in [0.2, 0.25) is 0 Å². The Balaban J connectivity index is 1.37. The van der Waals surface area contributed by atoms with Crippen molar-refractivity contribution in [2.45, 2.75) is 46.1 Å². The molecule has 0 radical (unpaired) electrons. The number of nitrogens with zero attached hydrogens (tertiary/aromatic N) is 4. The quantitative estimate of drug-likeness (QED) is 0.698. The fourth-order valence-corrected chi connectivity index (χ4v) is 4.46. The Morgan fingerprint density at radius 1 is 1.06 bits per heavy atom. The van der Waals surface area contributed by atoms with Crippen LogP contribution in [-0.2, 0) is 9.53 Å². The number of rotatable bonds is 5. The predicted octanol–water partition coefficient (Wildman–Crippen LogP) is 3.22. The maximum Gasteiger partial charge on any atom is 0.410 e. The zero-order valence-corrected chi connectivity index (χ0v) is 20.5. The van der Waals surface area contributed by atoms with Gasteiger partial charge in [-0.1, -0.05) is 12.1 Å². The van der Waals surface area contributed by atoms with Gasteiger partial charge >= 0.3 is 6.09 Å². The number of aryl methyl sites for hydroxylation is 1. The number of piperazine rings is 1. The smallest absolute Gasteiger partial charge is 0.410 e. The van der Waals surface area contributed by atoms with Crippen molar-refractivity contribution in [2.75, 3.05) is 64.3 Å². The number of carbonyl (C=O) groups is 2. The van der Waals surface area contributed by atoms with Gasteiger partial charge in [0.05, 0.1) is 6.54 Å². The van der Waals surface area contributed by atoms with Gasteiger partial charge in [-0.15, -0.1) is 0 Å². The van der Waals surface area contributed by atoms with Crippen molar-refractivity contribution in [2.24, 2.45) is 5.92 Å². The zero-order chi connectivity index (χ0) is 23.3. The monoisotopic (exact) mass is 444 g/mol. The number of carbonyl (C=O) groups excluding carboxylic acids is 2. The molecule has 2 aliphatic heterocycles. The molecule has 2 heterocycles. The lowest BCUT2D eigenvalue weighted by atomic mass is 9.96. The van der Waals surface area contributed by atoms with E-state index in [0.29, 0.717) is 19.0 Å². The Kier molecular flexibility index (Phi) is 8.04. The summed E-state index contributed by atoms with van der Waals surface area (Å²) >= 11 is 0. The summed E-state index contributed by atoms with van der Waals surface area (Å²) in [5, 5.41) is 0. The molecule has 0 saturated carbocycles. The highest BCUT2D eigenvalue weighted by Gasteiger charge is 2.27. The average Bonchev–Trinajstić information content (AvgIpc) is 2.74. The van der Waals surface area contributed by atoms with Gasteiger partial charge in [0, 0.05) is 45.5 Å². The number of ether oxygens (including phenoxy) is 1. The number of hydrogen-bond donors (Lipinski definition) is 0. The largest absolute Gasteiger partial charge is 0.444 e. The second-order valence-corrected chi connectivity index (χ2v) is 10.3.